The van der Waals surface area contributed by atoms with Crippen LogP contribution in [0.4, 0.5) is 4.39 Å². The first-order chi connectivity index (χ1) is 17.3. The van der Waals surface area contributed by atoms with Crippen molar-refractivity contribution in [3.05, 3.63) is 78.3 Å². The van der Waals surface area contributed by atoms with Gasteiger partial charge < -0.3 is 25.6 Å². The number of hydrogen-bond donors (Lipinski definition) is 4. The summed E-state index contributed by atoms with van der Waals surface area (Å²) in [6.07, 6.45) is 12.8. The Hall–Kier alpha value is -3.23. The number of rotatable bonds is 9. The molecule has 7 nitrogen and oxygen atoms in total. The highest BCUT2D eigenvalue weighted by atomic mass is 19.1. The Kier molecular flexibility index (Phi) is 18.2. The number of carbonyl (C=O) groups excluding carboxylic acids is 2. The van der Waals surface area contributed by atoms with Crippen molar-refractivity contribution in [1.82, 2.24) is 20.5 Å². The number of aliphatic hydroxyl groups is 1. The van der Waals surface area contributed by atoms with E-state index in [0.29, 0.717) is 23.4 Å². The third-order valence-corrected chi connectivity index (χ3v) is 4.90. The highest BCUT2D eigenvalue weighted by Gasteiger charge is 2.18. The molecule has 0 atom stereocenters. The predicted molar refractivity (Wildman–Crippen MR) is 147 cm³/mol. The minimum Gasteiger partial charge on any atom is -0.393 e. The fourth-order valence-electron chi connectivity index (χ4n) is 3.24. The van der Waals surface area contributed by atoms with Crippen LogP contribution in [0.15, 0.2) is 61.4 Å². The topological polar surface area (TPSA) is 97.5 Å². The molecule has 36 heavy (non-hydrogen) atoms. The quantitative estimate of drug-likeness (QED) is 0.228. The van der Waals surface area contributed by atoms with Gasteiger partial charge in [0.05, 0.1) is 17.4 Å². The van der Waals surface area contributed by atoms with Gasteiger partial charge in [0.15, 0.2) is 0 Å². The van der Waals surface area contributed by atoms with Gasteiger partial charge in [-0.1, -0.05) is 30.4 Å². The van der Waals surface area contributed by atoms with E-state index >= 15 is 0 Å². The van der Waals surface area contributed by atoms with Gasteiger partial charge in [-0.2, -0.15) is 0 Å². The third kappa shape index (κ3) is 13.6. The standard InChI is InChI=1S/C22H32N4O3.C3H5F.C3H6/c1-4-6-17(21(28)23-9-5-2)15-20-19(14-16(3)25-20)22(29)24-10-13-26-11-7-18(27)8-12-26;1-2-3-4;1-3-2/h4-6,9,14-15,18,25,27H,7-8,10-13H2,1-3H3,(H,23,28)(H,24,29);2H,1,3H2;3H,1H2,2H3/b6-4+,9-5+,17-15-;;. The first-order valence-corrected chi connectivity index (χ1v) is 12.2. The van der Waals surface area contributed by atoms with Crippen molar-refractivity contribution in [2.45, 2.75) is 46.6 Å². The number of amides is 2. The fourth-order valence-corrected chi connectivity index (χ4v) is 3.24. The van der Waals surface area contributed by atoms with E-state index in [1.54, 1.807) is 42.6 Å². The van der Waals surface area contributed by atoms with Gasteiger partial charge in [0, 0.05) is 37.4 Å². The molecule has 2 heterocycles. The third-order valence-electron chi connectivity index (χ3n) is 4.90. The van der Waals surface area contributed by atoms with E-state index < -0.39 is 6.67 Å². The number of alkyl halides is 1. The number of H-pyrrole nitrogens is 1. The monoisotopic (exact) mass is 502 g/mol. The number of likely N-dealkylation sites (tertiary alicyclic amines) is 1. The molecule has 2 amide bonds. The number of aliphatic hydroxyl groups excluding tert-OH is 1. The number of nitrogens with zero attached hydrogens (tertiary/aromatic N) is 1. The smallest absolute Gasteiger partial charge is 0.255 e. The molecule has 0 radical (unpaired) electrons. The number of carbonyl (C=O) groups is 2. The maximum absolute atomic E-state index is 12.7. The van der Waals surface area contributed by atoms with Gasteiger partial charge in [-0.15, -0.1) is 13.2 Å². The van der Waals surface area contributed by atoms with Crippen molar-refractivity contribution in [3.63, 3.8) is 0 Å². The second kappa shape index (κ2) is 20.0. The molecule has 1 aromatic rings. The molecule has 1 aliphatic heterocycles. The summed E-state index contributed by atoms with van der Waals surface area (Å²) >= 11 is 0. The van der Waals surface area contributed by atoms with Crippen LogP contribution >= 0.6 is 0 Å². The van der Waals surface area contributed by atoms with E-state index in [-0.39, 0.29) is 17.9 Å². The number of aromatic amines is 1. The van der Waals surface area contributed by atoms with E-state index in [9.17, 15) is 19.1 Å². The summed E-state index contributed by atoms with van der Waals surface area (Å²) in [5.41, 5.74) is 2.41. The van der Waals surface area contributed by atoms with E-state index in [4.69, 9.17) is 0 Å². The zero-order chi connectivity index (χ0) is 27.3. The lowest BCUT2D eigenvalue weighted by molar-refractivity contribution is -0.116. The van der Waals surface area contributed by atoms with Gasteiger partial charge in [0.2, 0.25) is 0 Å². The van der Waals surface area contributed by atoms with Crippen LogP contribution in [0.3, 0.4) is 0 Å². The summed E-state index contributed by atoms with van der Waals surface area (Å²) in [4.78, 5) is 30.4. The first kappa shape index (κ1) is 32.8. The highest BCUT2D eigenvalue weighted by molar-refractivity contribution is 6.03. The Morgan fingerprint density at radius 1 is 1.22 bits per heavy atom. The summed E-state index contributed by atoms with van der Waals surface area (Å²) in [5.74, 6) is -0.418. The van der Waals surface area contributed by atoms with Crippen LogP contribution in [-0.2, 0) is 4.79 Å². The number of nitrogens with one attached hydrogen (secondary N) is 3. The molecule has 1 aliphatic rings. The van der Waals surface area contributed by atoms with E-state index in [1.807, 2.05) is 27.7 Å². The van der Waals surface area contributed by atoms with Crippen LogP contribution in [0.5, 0.6) is 0 Å². The normalized spacial score (nSPS) is 14.4. The highest BCUT2D eigenvalue weighted by Crippen LogP contribution is 2.16. The van der Waals surface area contributed by atoms with Crippen LogP contribution in [0.1, 0.15) is 55.4 Å². The SMILES string of the molecule is C/C=C/NC(=O)C(=C\c1[nH]c(C)cc1C(=O)NCCN1CCC(O)CC1)/C=C/C.C=CC.C=CCF. The van der Waals surface area contributed by atoms with Crippen LogP contribution in [0.25, 0.3) is 6.08 Å². The average Bonchev–Trinajstić information content (AvgIpc) is 3.24. The number of halogens is 1. The van der Waals surface area contributed by atoms with Crippen molar-refractivity contribution in [1.29, 1.82) is 0 Å². The summed E-state index contributed by atoms with van der Waals surface area (Å²) in [5, 5.41) is 15.2. The molecule has 1 saturated heterocycles. The van der Waals surface area contributed by atoms with Gasteiger partial charge in [-0.3, -0.25) is 9.59 Å². The molecule has 4 N–H and O–H groups in total. The Balaban J connectivity index is 0.00000155. The molecule has 0 unspecified atom stereocenters. The van der Waals surface area contributed by atoms with Gasteiger partial charge in [0.1, 0.15) is 6.67 Å². The second-order valence-electron chi connectivity index (χ2n) is 8.03. The molecule has 0 aliphatic carbocycles. The zero-order valence-electron chi connectivity index (χ0n) is 22.1. The Morgan fingerprint density at radius 2 is 1.83 bits per heavy atom. The summed E-state index contributed by atoms with van der Waals surface area (Å²) in [7, 11) is 0. The molecule has 1 aromatic heterocycles. The number of piperidine rings is 1. The molecule has 0 spiro atoms. The van der Waals surface area contributed by atoms with Crippen molar-refractivity contribution in [2.75, 3.05) is 32.9 Å². The maximum Gasteiger partial charge on any atom is 0.255 e. The molecule has 2 rings (SSSR count). The Bertz CT molecular complexity index is 895. The summed E-state index contributed by atoms with van der Waals surface area (Å²) < 4.78 is 10.6. The molecular formula is C28H43FN4O3. The minimum atomic E-state index is -0.417. The number of hydrogen-bond acceptors (Lipinski definition) is 4. The van der Waals surface area contributed by atoms with Gasteiger partial charge >= 0.3 is 0 Å². The Labute approximate surface area is 215 Å². The maximum atomic E-state index is 12.7. The van der Waals surface area contributed by atoms with Crippen LogP contribution in [-0.4, -0.2) is 65.8 Å². The van der Waals surface area contributed by atoms with E-state index in [2.05, 4.69) is 33.7 Å². The average molecular weight is 503 g/mol. The zero-order valence-corrected chi connectivity index (χ0v) is 22.1. The molecule has 0 saturated carbocycles. The number of aromatic nitrogens is 1. The van der Waals surface area contributed by atoms with Crippen LogP contribution < -0.4 is 10.6 Å². The largest absolute Gasteiger partial charge is 0.393 e. The first-order valence-electron chi connectivity index (χ1n) is 12.2. The lowest BCUT2D eigenvalue weighted by Gasteiger charge is -2.29. The van der Waals surface area contributed by atoms with Crippen molar-refractivity contribution >= 4 is 17.9 Å². The molecule has 8 heteroatoms. The second-order valence-corrected chi connectivity index (χ2v) is 8.03. The van der Waals surface area contributed by atoms with Crippen molar-refractivity contribution < 1.29 is 19.1 Å². The molecule has 1 fully saturated rings. The lowest BCUT2D eigenvalue weighted by atomic mass is 10.1. The van der Waals surface area contributed by atoms with Gasteiger partial charge in [-0.25, -0.2) is 4.39 Å². The van der Waals surface area contributed by atoms with Gasteiger partial charge in [-0.05, 0) is 58.9 Å². The molecule has 200 valence electrons. The van der Waals surface area contributed by atoms with E-state index in [1.165, 1.54) is 6.08 Å². The van der Waals surface area contributed by atoms with E-state index in [0.717, 1.165) is 38.2 Å². The van der Waals surface area contributed by atoms with Crippen LogP contribution in [0, 0.1) is 6.92 Å². The fraction of sp³-hybridized carbons (Fsp3) is 0.429. The minimum absolute atomic E-state index is 0.175. The van der Waals surface area contributed by atoms with Crippen LogP contribution in [0.2, 0.25) is 0 Å². The molecular weight excluding hydrogens is 459 g/mol. The van der Waals surface area contributed by atoms with Crippen molar-refractivity contribution in [3.8, 4) is 0 Å². The lowest BCUT2D eigenvalue weighted by Crippen LogP contribution is -2.40. The molecule has 0 aromatic carbocycles. The predicted octanol–water partition coefficient (Wildman–Crippen LogP) is 4.45. The number of aryl methyl sites for hydroxylation is 1. The molecule has 0 bridgehead atoms. The Morgan fingerprint density at radius 3 is 2.36 bits per heavy atom. The summed E-state index contributed by atoms with van der Waals surface area (Å²) in [6, 6.07) is 1.79. The van der Waals surface area contributed by atoms with Gasteiger partial charge in [0.25, 0.3) is 11.8 Å². The number of allylic oxidation sites excluding steroid dienone is 4. The van der Waals surface area contributed by atoms with Crippen molar-refractivity contribution in [2.24, 2.45) is 0 Å². The summed E-state index contributed by atoms with van der Waals surface area (Å²) in [6.45, 7) is 16.5.